The Kier molecular flexibility index (Phi) is 5.35. The Morgan fingerprint density at radius 2 is 1.19 bits per heavy atom. The van der Waals surface area contributed by atoms with E-state index in [1.165, 1.54) is 11.1 Å². The number of anilines is 3. The molecular weight excluding hydrogens is 390 g/mol. The lowest BCUT2D eigenvalue weighted by Gasteiger charge is -2.25. The normalized spacial score (nSPS) is 11.3. The minimum Gasteiger partial charge on any atom is -0.457 e. The zero-order valence-corrected chi connectivity index (χ0v) is 18.3. The van der Waals surface area contributed by atoms with Gasteiger partial charge in [0, 0.05) is 22.4 Å². The summed E-state index contributed by atoms with van der Waals surface area (Å²) in [4.78, 5) is 2.28. The average Bonchev–Trinajstić information content (AvgIpc) is 3.23. The summed E-state index contributed by atoms with van der Waals surface area (Å²) in [6, 6.07) is 36.0. The summed E-state index contributed by atoms with van der Waals surface area (Å²) >= 11 is 0. The van der Waals surface area contributed by atoms with E-state index < -0.39 is 0 Å². The van der Waals surface area contributed by atoms with Crippen LogP contribution < -0.4 is 4.90 Å². The van der Waals surface area contributed by atoms with Crippen molar-refractivity contribution in [1.29, 1.82) is 0 Å². The number of hydrogen-bond donors (Lipinski definition) is 0. The van der Waals surface area contributed by atoms with Crippen LogP contribution in [0.1, 0.15) is 22.5 Å². The van der Waals surface area contributed by atoms with E-state index in [9.17, 15) is 0 Å². The molecule has 0 aliphatic carbocycles. The van der Waals surface area contributed by atoms with Crippen LogP contribution in [0.2, 0.25) is 0 Å². The third kappa shape index (κ3) is 4.21. The van der Waals surface area contributed by atoms with Gasteiger partial charge in [0.1, 0.15) is 11.3 Å². The van der Waals surface area contributed by atoms with Crippen LogP contribution in [0.4, 0.5) is 17.1 Å². The molecule has 5 rings (SSSR count). The fraction of sp³-hybridized carbons (Fsp3) is 0.0667. The highest BCUT2D eigenvalue weighted by molar-refractivity contribution is 5.88. The second-order valence-electron chi connectivity index (χ2n) is 8.12. The lowest BCUT2D eigenvalue weighted by Crippen LogP contribution is -2.09. The predicted molar refractivity (Wildman–Crippen MR) is 136 cm³/mol. The van der Waals surface area contributed by atoms with Crippen LogP contribution in [0, 0.1) is 13.8 Å². The summed E-state index contributed by atoms with van der Waals surface area (Å²) in [6.07, 6.45) is 4.09. The number of furan rings is 1. The van der Waals surface area contributed by atoms with Crippen molar-refractivity contribution in [3.8, 4) is 0 Å². The number of benzene rings is 4. The number of aryl methyl sites for hydroxylation is 2. The first-order valence-corrected chi connectivity index (χ1v) is 10.9. The molecule has 0 saturated carbocycles. The molecule has 0 N–H and O–H groups in total. The molecule has 156 valence electrons. The molecule has 0 aliphatic rings. The maximum absolute atomic E-state index is 6.06. The Hall–Kier alpha value is -4.04. The van der Waals surface area contributed by atoms with E-state index in [1.807, 2.05) is 24.3 Å². The van der Waals surface area contributed by atoms with Gasteiger partial charge in [-0.2, -0.15) is 0 Å². The molecule has 0 aliphatic heterocycles. The van der Waals surface area contributed by atoms with Gasteiger partial charge in [0.2, 0.25) is 0 Å². The summed E-state index contributed by atoms with van der Waals surface area (Å²) in [5.74, 6) is 0.846. The van der Waals surface area contributed by atoms with Gasteiger partial charge in [0.25, 0.3) is 0 Å². The van der Waals surface area contributed by atoms with Gasteiger partial charge < -0.3 is 9.32 Å². The monoisotopic (exact) mass is 415 g/mol. The first-order chi connectivity index (χ1) is 15.7. The van der Waals surface area contributed by atoms with Gasteiger partial charge in [-0.15, -0.1) is 0 Å². The van der Waals surface area contributed by atoms with Crippen LogP contribution in [-0.4, -0.2) is 0 Å². The second kappa shape index (κ2) is 8.60. The largest absolute Gasteiger partial charge is 0.457 e. The maximum Gasteiger partial charge on any atom is 0.134 e. The van der Waals surface area contributed by atoms with Crippen molar-refractivity contribution in [3.63, 3.8) is 0 Å². The molecule has 4 aromatic carbocycles. The molecule has 0 saturated heterocycles. The summed E-state index contributed by atoms with van der Waals surface area (Å²) in [6.45, 7) is 4.23. The molecule has 5 aromatic rings. The molecule has 0 spiro atoms. The molecular formula is C30H25NO. The van der Waals surface area contributed by atoms with E-state index >= 15 is 0 Å². The predicted octanol–water partition coefficient (Wildman–Crippen LogP) is 8.69. The molecule has 0 bridgehead atoms. The minimum atomic E-state index is 0.846. The van der Waals surface area contributed by atoms with Gasteiger partial charge in [0.15, 0.2) is 0 Å². The van der Waals surface area contributed by atoms with E-state index in [4.69, 9.17) is 4.42 Å². The molecule has 0 unspecified atom stereocenters. The van der Waals surface area contributed by atoms with E-state index in [2.05, 4.69) is 110 Å². The Morgan fingerprint density at radius 1 is 0.594 bits per heavy atom. The molecule has 32 heavy (non-hydrogen) atoms. The van der Waals surface area contributed by atoms with E-state index in [0.717, 1.165) is 39.4 Å². The Labute approximate surface area is 189 Å². The SMILES string of the molecule is Cc1ccc(N(c2ccc(C)cc2)c2ccc3oc(C=Cc4ccccc4)cc3c2)cc1. The molecule has 0 fully saturated rings. The van der Waals surface area contributed by atoms with Crippen LogP contribution in [0.25, 0.3) is 23.1 Å². The fourth-order valence-electron chi connectivity index (χ4n) is 3.85. The first-order valence-electron chi connectivity index (χ1n) is 10.9. The highest BCUT2D eigenvalue weighted by Crippen LogP contribution is 2.36. The molecule has 2 nitrogen and oxygen atoms in total. The van der Waals surface area contributed by atoms with Gasteiger partial charge in [-0.05, 0) is 74.0 Å². The van der Waals surface area contributed by atoms with Crippen molar-refractivity contribution in [2.24, 2.45) is 0 Å². The van der Waals surface area contributed by atoms with Crippen molar-refractivity contribution in [2.45, 2.75) is 13.8 Å². The zero-order chi connectivity index (χ0) is 21.9. The molecule has 0 radical (unpaired) electrons. The lowest BCUT2D eigenvalue weighted by atomic mass is 10.1. The van der Waals surface area contributed by atoms with Gasteiger partial charge in [-0.1, -0.05) is 71.8 Å². The quantitative estimate of drug-likeness (QED) is 0.285. The van der Waals surface area contributed by atoms with Crippen molar-refractivity contribution >= 4 is 40.2 Å². The second-order valence-corrected chi connectivity index (χ2v) is 8.12. The summed E-state index contributed by atoms with van der Waals surface area (Å²) < 4.78 is 6.06. The van der Waals surface area contributed by atoms with Crippen LogP contribution in [0.3, 0.4) is 0 Å². The standard InChI is InChI=1S/C30H25NO/c1-22-8-13-26(14-9-22)31(27-15-10-23(2)11-16-27)28-17-19-30-25(20-28)21-29(32-30)18-12-24-6-4-3-5-7-24/h3-21H,1-2H3. The lowest BCUT2D eigenvalue weighted by molar-refractivity contribution is 0.604. The minimum absolute atomic E-state index is 0.846. The van der Waals surface area contributed by atoms with Gasteiger partial charge >= 0.3 is 0 Å². The topological polar surface area (TPSA) is 16.4 Å². The molecule has 2 heteroatoms. The first kappa shape index (κ1) is 19.9. The van der Waals surface area contributed by atoms with Crippen molar-refractivity contribution in [2.75, 3.05) is 4.90 Å². The molecule has 1 aromatic heterocycles. The number of rotatable bonds is 5. The van der Waals surface area contributed by atoms with Crippen LogP contribution in [0.5, 0.6) is 0 Å². The van der Waals surface area contributed by atoms with E-state index in [-0.39, 0.29) is 0 Å². The third-order valence-corrected chi connectivity index (χ3v) is 5.60. The third-order valence-electron chi connectivity index (χ3n) is 5.60. The van der Waals surface area contributed by atoms with E-state index in [0.29, 0.717) is 0 Å². The van der Waals surface area contributed by atoms with Gasteiger partial charge in [-0.25, -0.2) is 0 Å². The van der Waals surface area contributed by atoms with Crippen LogP contribution >= 0.6 is 0 Å². The number of nitrogens with zero attached hydrogens (tertiary/aromatic N) is 1. The summed E-state index contributed by atoms with van der Waals surface area (Å²) in [7, 11) is 0. The maximum atomic E-state index is 6.06. The molecule has 0 atom stereocenters. The number of fused-ring (bicyclic) bond motifs is 1. The Bertz CT molecular complexity index is 1320. The molecule has 1 heterocycles. The van der Waals surface area contributed by atoms with Crippen LogP contribution in [-0.2, 0) is 0 Å². The van der Waals surface area contributed by atoms with Crippen molar-refractivity contribution < 1.29 is 4.42 Å². The average molecular weight is 416 g/mol. The van der Waals surface area contributed by atoms with Gasteiger partial charge in [-0.3, -0.25) is 0 Å². The summed E-state index contributed by atoms with van der Waals surface area (Å²) in [5.41, 5.74) is 7.89. The van der Waals surface area contributed by atoms with E-state index in [1.54, 1.807) is 0 Å². The Morgan fingerprint density at radius 3 is 1.81 bits per heavy atom. The van der Waals surface area contributed by atoms with Crippen molar-refractivity contribution in [3.05, 3.63) is 126 Å². The number of hydrogen-bond acceptors (Lipinski definition) is 2. The summed E-state index contributed by atoms with van der Waals surface area (Å²) in [5, 5.41) is 1.08. The smallest absolute Gasteiger partial charge is 0.134 e. The van der Waals surface area contributed by atoms with Crippen molar-refractivity contribution in [1.82, 2.24) is 0 Å². The Balaban J connectivity index is 1.54. The molecule has 0 amide bonds. The fourth-order valence-corrected chi connectivity index (χ4v) is 3.85. The van der Waals surface area contributed by atoms with Gasteiger partial charge in [0.05, 0.1) is 0 Å². The van der Waals surface area contributed by atoms with Crippen LogP contribution in [0.15, 0.2) is 108 Å². The zero-order valence-electron chi connectivity index (χ0n) is 18.3. The highest BCUT2D eigenvalue weighted by atomic mass is 16.3. The highest BCUT2D eigenvalue weighted by Gasteiger charge is 2.14.